The molecule has 2 aromatic heterocycles. The molecule has 0 aliphatic rings. The number of aromatic nitrogens is 5. The number of aryl methyl sites for hydroxylation is 1. The summed E-state index contributed by atoms with van der Waals surface area (Å²) in [5.74, 6) is 0. The molecule has 3 aromatic carbocycles. The highest BCUT2D eigenvalue weighted by atomic mass is 35.5. The Balaban J connectivity index is 1.41. The van der Waals surface area contributed by atoms with Crippen LogP contribution in [-0.4, -0.2) is 24.5 Å². The Hall–Kier alpha value is -3.77. The number of hydrogen-bond donors (Lipinski definition) is 0. The highest BCUT2D eigenvalue weighted by molar-refractivity contribution is 6.30. The zero-order valence-corrected chi connectivity index (χ0v) is 18.2. The van der Waals surface area contributed by atoms with Crippen LogP contribution in [0.4, 0.5) is 0 Å². The van der Waals surface area contributed by atoms with Gasteiger partial charge in [-0.1, -0.05) is 64.8 Å². The second kappa shape index (κ2) is 8.40. The molecule has 0 atom stereocenters. The van der Waals surface area contributed by atoms with Gasteiger partial charge in [0, 0.05) is 5.02 Å². The average molecular weight is 442 g/mol. The molecule has 2 heterocycles. The van der Waals surface area contributed by atoms with Gasteiger partial charge < -0.3 is 0 Å². The number of halogens is 1. The zero-order valence-electron chi connectivity index (χ0n) is 17.4. The maximum Gasteiger partial charge on any atom is 0.261 e. The van der Waals surface area contributed by atoms with Crippen molar-refractivity contribution < 1.29 is 0 Å². The van der Waals surface area contributed by atoms with Gasteiger partial charge in [0.25, 0.3) is 5.56 Å². The van der Waals surface area contributed by atoms with Crippen LogP contribution in [-0.2, 0) is 13.1 Å². The van der Waals surface area contributed by atoms with E-state index in [1.165, 1.54) is 5.56 Å². The van der Waals surface area contributed by atoms with E-state index in [1.807, 2.05) is 48.7 Å². The molecule has 0 radical (unpaired) electrons. The fourth-order valence-corrected chi connectivity index (χ4v) is 3.76. The van der Waals surface area contributed by atoms with Gasteiger partial charge in [0.05, 0.1) is 36.5 Å². The molecule has 32 heavy (non-hydrogen) atoms. The van der Waals surface area contributed by atoms with Gasteiger partial charge in [0.15, 0.2) is 0 Å². The number of rotatable bonds is 5. The van der Waals surface area contributed by atoms with Crippen LogP contribution in [0.25, 0.3) is 22.0 Å². The van der Waals surface area contributed by atoms with Gasteiger partial charge in [0.2, 0.25) is 0 Å². The number of fused-ring (bicyclic) bond motifs is 1. The first-order valence-electron chi connectivity index (χ1n) is 10.2. The van der Waals surface area contributed by atoms with Gasteiger partial charge >= 0.3 is 0 Å². The highest BCUT2D eigenvalue weighted by Crippen LogP contribution is 2.23. The number of hydrogen-bond acceptors (Lipinski definition) is 4. The number of benzene rings is 3. The molecule has 0 amide bonds. The molecule has 0 N–H and O–H groups in total. The van der Waals surface area contributed by atoms with Crippen molar-refractivity contribution in [2.75, 3.05) is 0 Å². The van der Waals surface area contributed by atoms with E-state index in [-0.39, 0.29) is 5.56 Å². The Kier molecular flexibility index (Phi) is 5.29. The maximum absolute atomic E-state index is 13.1. The molecule has 0 bridgehead atoms. The van der Waals surface area contributed by atoms with Gasteiger partial charge in [-0.3, -0.25) is 9.36 Å². The smallest absolute Gasteiger partial charge is 0.261 e. The standard InChI is InChI=1S/C25H20ClN5O/c1-17-2-4-18(5-3-17)13-31-15-22(28-29-31)14-30-16-27-24-11-8-20(12-23(24)25(30)32)19-6-9-21(26)10-7-19/h2-12,15-16H,13-14H2,1H3. The van der Waals surface area contributed by atoms with Crippen molar-refractivity contribution in [3.8, 4) is 11.1 Å². The summed E-state index contributed by atoms with van der Waals surface area (Å²) in [4.78, 5) is 17.6. The fourth-order valence-electron chi connectivity index (χ4n) is 3.64. The molecular weight excluding hydrogens is 422 g/mol. The van der Waals surface area contributed by atoms with E-state index >= 15 is 0 Å². The third-order valence-electron chi connectivity index (χ3n) is 5.39. The van der Waals surface area contributed by atoms with Crippen molar-refractivity contribution in [3.63, 3.8) is 0 Å². The molecule has 0 aliphatic carbocycles. The van der Waals surface area contributed by atoms with Crippen LogP contribution < -0.4 is 5.56 Å². The molecule has 0 fully saturated rings. The minimum atomic E-state index is -0.112. The largest absolute Gasteiger partial charge is 0.293 e. The molecule has 7 heteroatoms. The summed E-state index contributed by atoms with van der Waals surface area (Å²) in [7, 11) is 0. The molecule has 158 valence electrons. The summed E-state index contributed by atoms with van der Waals surface area (Å²) in [5, 5.41) is 9.67. The van der Waals surface area contributed by atoms with Crippen LogP contribution >= 0.6 is 11.6 Å². The van der Waals surface area contributed by atoms with Crippen LogP contribution in [0.5, 0.6) is 0 Å². The number of nitrogens with zero attached hydrogens (tertiary/aromatic N) is 5. The predicted molar refractivity (Wildman–Crippen MR) is 126 cm³/mol. The van der Waals surface area contributed by atoms with Gasteiger partial charge in [-0.25, -0.2) is 9.67 Å². The second-order valence-corrected chi connectivity index (χ2v) is 8.25. The summed E-state index contributed by atoms with van der Waals surface area (Å²) in [5.41, 5.74) is 5.54. The molecule has 5 aromatic rings. The third-order valence-corrected chi connectivity index (χ3v) is 5.64. The van der Waals surface area contributed by atoms with Crippen molar-refractivity contribution >= 4 is 22.5 Å². The molecule has 0 saturated heterocycles. The summed E-state index contributed by atoms with van der Waals surface area (Å²) in [6.45, 7) is 2.99. The van der Waals surface area contributed by atoms with Crippen LogP contribution in [0.2, 0.25) is 5.02 Å². The topological polar surface area (TPSA) is 65.6 Å². The quantitative estimate of drug-likeness (QED) is 0.396. The lowest BCUT2D eigenvalue weighted by molar-refractivity contribution is 0.648. The summed E-state index contributed by atoms with van der Waals surface area (Å²) >= 11 is 5.99. The summed E-state index contributed by atoms with van der Waals surface area (Å²) in [6, 6.07) is 21.5. The van der Waals surface area contributed by atoms with Crippen molar-refractivity contribution in [2.24, 2.45) is 0 Å². The van der Waals surface area contributed by atoms with Crippen LogP contribution in [0.1, 0.15) is 16.8 Å². The Morgan fingerprint density at radius 1 is 0.906 bits per heavy atom. The van der Waals surface area contributed by atoms with E-state index < -0.39 is 0 Å². The first-order chi connectivity index (χ1) is 15.5. The van der Waals surface area contributed by atoms with Crippen molar-refractivity contribution in [2.45, 2.75) is 20.0 Å². The third kappa shape index (κ3) is 4.18. The normalized spacial score (nSPS) is 11.2. The monoisotopic (exact) mass is 441 g/mol. The maximum atomic E-state index is 13.1. The summed E-state index contributed by atoms with van der Waals surface area (Å²) in [6.07, 6.45) is 3.42. The lowest BCUT2D eigenvalue weighted by Crippen LogP contribution is -2.21. The molecular formula is C25H20ClN5O. The Morgan fingerprint density at radius 3 is 2.44 bits per heavy atom. The van der Waals surface area contributed by atoms with E-state index in [2.05, 4.69) is 46.5 Å². The Bertz CT molecular complexity index is 1450. The molecule has 5 rings (SSSR count). The first kappa shape index (κ1) is 20.2. The van der Waals surface area contributed by atoms with Crippen LogP contribution in [0.15, 0.2) is 84.0 Å². The van der Waals surface area contributed by atoms with Crippen LogP contribution in [0, 0.1) is 6.92 Å². The summed E-state index contributed by atoms with van der Waals surface area (Å²) < 4.78 is 3.34. The van der Waals surface area contributed by atoms with Gasteiger partial charge in [0.1, 0.15) is 5.69 Å². The molecule has 6 nitrogen and oxygen atoms in total. The van der Waals surface area contributed by atoms with E-state index in [1.54, 1.807) is 15.6 Å². The van der Waals surface area contributed by atoms with Crippen molar-refractivity contribution in [3.05, 3.63) is 111 Å². The molecule has 0 saturated carbocycles. The fraction of sp³-hybridized carbons (Fsp3) is 0.120. The Labute approximate surface area is 189 Å². The average Bonchev–Trinajstić information content (AvgIpc) is 3.24. The first-order valence-corrected chi connectivity index (χ1v) is 10.6. The minimum absolute atomic E-state index is 0.112. The van der Waals surface area contributed by atoms with Gasteiger partial charge in [-0.05, 0) is 47.9 Å². The van der Waals surface area contributed by atoms with Crippen molar-refractivity contribution in [1.29, 1.82) is 0 Å². The van der Waals surface area contributed by atoms with Gasteiger partial charge in [-0.15, -0.1) is 5.10 Å². The Morgan fingerprint density at radius 2 is 1.66 bits per heavy atom. The van der Waals surface area contributed by atoms with E-state index in [9.17, 15) is 4.79 Å². The highest BCUT2D eigenvalue weighted by Gasteiger charge is 2.09. The van der Waals surface area contributed by atoms with E-state index in [0.717, 1.165) is 16.7 Å². The molecule has 0 spiro atoms. The molecule has 0 unspecified atom stereocenters. The van der Waals surface area contributed by atoms with Crippen molar-refractivity contribution in [1.82, 2.24) is 24.5 Å². The van der Waals surface area contributed by atoms with Crippen LogP contribution in [0.3, 0.4) is 0 Å². The van der Waals surface area contributed by atoms with E-state index in [4.69, 9.17) is 11.6 Å². The second-order valence-electron chi connectivity index (χ2n) is 7.81. The molecule has 0 aliphatic heterocycles. The lowest BCUT2D eigenvalue weighted by atomic mass is 10.0. The minimum Gasteiger partial charge on any atom is -0.293 e. The van der Waals surface area contributed by atoms with E-state index in [0.29, 0.717) is 34.7 Å². The predicted octanol–water partition coefficient (Wildman–Crippen LogP) is 4.71. The zero-order chi connectivity index (χ0) is 22.1. The lowest BCUT2D eigenvalue weighted by Gasteiger charge is -2.07. The van der Waals surface area contributed by atoms with Gasteiger partial charge in [-0.2, -0.15) is 0 Å². The SMILES string of the molecule is Cc1ccc(Cn2cc(Cn3cnc4ccc(-c5ccc(Cl)cc5)cc4c3=O)nn2)cc1.